The molecule has 3 rings (SSSR count). The number of benzene rings is 1. The molecule has 2 heterocycles. The molecule has 25 heavy (non-hydrogen) atoms. The molecular formula is C20H20N2O3. The van der Waals surface area contributed by atoms with Crippen molar-refractivity contribution in [3.05, 3.63) is 77.8 Å². The summed E-state index contributed by atoms with van der Waals surface area (Å²) in [5.74, 6) is 0.880. The summed E-state index contributed by atoms with van der Waals surface area (Å²) in [6, 6.07) is 18.3. The quantitative estimate of drug-likeness (QED) is 0.735. The first-order valence-corrected chi connectivity index (χ1v) is 8.16. The minimum atomic E-state index is -0.275. The lowest BCUT2D eigenvalue weighted by Gasteiger charge is -2.12. The van der Waals surface area contributed by atoms with Gasteiger partial charge in [-0.1, -0.05) is 24.3 Å². The summed E-state index contributed by atoms with van der Waals surface area (Å²) in [5, 5.41) is 2.91. The molecule has 1 aromatic carbocycles. The van der Waals surface area contributed by atoms with Gasteiger partial charge in [-0.05, 0) is 44.2 Å². The lowest BCUT2D eigenvalue weighted by Crippen LogP contribution is -2.34. The monoisotopic (exact) mass is 336 g/mol. The fraction of sp³-hybridized carbons (Fsp3) is 0.200. The Morgan fingerprint density at radius 2 is 1.92 bits per heavy atom. The highest BCUT2D eigenvalue weighted by Gasteiger charge is 2.15. The number of nitrogens with zero attached hydrogens (tertiary/aromatic N) is 1. The van der Waals surface area contributed by atoms with Crippen LogP contribution in [0, 0.1) is 6.92 Å². The summed E-state index contributed by atoms with van der Waals surface area (Å²) in [7, 11) is 0. The van der Waals surface area contributed by atoms with Crippen molar-refractivity contribution >= 4 is 5.91 Å². The van der Waals surface area contributed by atoms with E-state index in [9.17, 15) is 4.79 Å². The van der Waals surface area contributed by atoms with Gasteiger partial charge >= 0.3 is 0 Å². The summed E-state index contributed by atoms with van der Waals surface area (Å²) >= 11 is 0. The summed E-state index contributed by atoms with van der Waals surface area (Å²) < 4.78 is 11.0. The van der Waals surface area contributed by atoms with Gasteiger partial charge in [0.15, 0.2) is 5.76 Å². The van der Waals surface area contributed by atoms with Gasteiger partial charge in [-0.2, -0.15) is 0 Å². The molecule has 1 atom stereocenters. The fourth-order valence-corrected chi connectivity index (χ4v) is 2.47. The number of aryl methyl sites for hydroxylation is 1. The molecule has 5 nitrogen and oxygen atoms in total. The average molecular weight is 336 g/mol. The van der Waals surface area contributed by atoms with E-state index in [2.05, 4.69) is 10.3 Å². The zero-order valence-corrected chi connectivity index (χ0v) is 14.2. The number of furan rings is 1. The first kappa shape index (κ1) is 16.8. The molecule has 1 N–H and O–H groups in total. The van der Waals surface area contributed by atoms with Gasteiger partial charge in [-0.25, -0.2) is 0 Å². The van der Waals surface area contributed by atoms with Crippen LogP contribution in [0.5, 0.6) is 11.7 Å². The molecule has 0 saturated carbocycles. The number of hydrogen-bond donors (Lipinski definition) is 1. The number of rotatable bonds is 6. The zero-order valence-electron chi connectivity index (χ0n) is 14.2. The number of amides is 1. The largest absolute Gasteiger partial charge is 0.426 e. The van der Waals surface area contributed by atoms with E-state index in [1.807, 2.05) is 62.4 Å². The molecule has 0 unspecified atom stereocenters. The Labute approximate surface area is 146 Å². The fourth-order valence-electron chi connectivity index (χ4n) is 2.47. The summed E-state index contributed by atoms with van der Waals surface area (Å²) in [5.41, 5.74) is 1.91. The molecule has 1 amide bonds. The molecule has 0 aliphatic heterocycles. The minimum Gasteiger partial charge on any atom is -0.426 e. The number of nitrogens with one attached hydrogen (secondary N) is 1. The van der Waals surface area contributed by atoms with Gasteiger partial charge in [-0.3, -0.25) is 9.78 Å². The van der Waals surface area contributed by atoms with Gasteiger partial charge in [0.05, 0.1) is 0 Å². The van der Waals surface area contributed by atoms with Crippen molar-refractivity contribution < 1.29 is 13.9 Å². The number of aromatic nitrogens is 1. The van der Waals surface area contributed by atoms with Crippen LogP contribution in [0.1, 0.15) is 28.9 Å². The molecule has 128 valence electrons. The maximum Gasteiger partial charge on any atom is 0.290 e. The lowest BCUT2D eigenvalue weighted by atomic mass is 10.1. The Morgan fingerprint density at radius 1 is 1.12 bits per heavy atom. The van der Waals surface area contributed by atoms with E-state index in [1.165, 1.54) is 0 Å². The molecule has 3 aromatic rings. The van der Waals surface area contributed by atoms with E-state index >= 15 is 0 Å². The third kappa shape index (κ3) is 4.70. The molecule has 2 aromatic heterocycles. The normalized spacial score (nSPS) is 11.8. The SMILES string of the molecule is Cc1cccc(C[C@H](C)NC(=O)c2ccc(Oc3ccccc3)o2)n1. The van der Waals surface area contributed by atoms with Crippen molar-refractivity contribution in [1.82, 2.24) is 10.3 Å². The van der Waals surface area contributed by atoms with E-state index in [1.54, 1.807) is 12.1 Å². The molecule has 0 aliphatic rings. The van der Waals surface area contributed by atoms with Crippen molar-refractivity contribution in [2.24, 2.45) is 0 Å². The highest BCUT2D eigenvalue weighted by atomic mass is 16.6. The maximum absolute atomic E-state index is 12.3. The van der Waals surface area contributed by atoms with Crippen LogP contribution in [0.15, 0.2) is 65.1 Å². The van der Waals surface area contributed by atoms with Crippen LogP contribution in [0.4, 0.5) is 0 Å². The number of carbonyl (C=O) groups is 1. The van der Waals surface area contributed by atoms with Crippen LogP contribution < -0.4 is 10.1 Å². The van der Waals surface area contributed by atoms with Crippen molar-refractivity contribution in [3.8, 4) is 11.7 Å². The lowest BCUT2D eigenvalue weighted by molar-refractivity contribution is 0.0907. The maximum atomic E-state index is 12.3. The van der Waals surface area contributed by atoms with Crippen LogP contribution in [0.25, 0.3) is 0 Å². The molecule has 0 saturated heterocycles. The Morgan fingerprint density at radius 3 is 2.68 bits per heavy atom. The average Bonchev–Trinajstić information content (AvgIpc) is 3.04. The van der Waals surface area contributed by atoms with Crippen LogP contribution >= 0.6 is 0 Å². The van der Waals surface area contributed by atoms with Crippen molar-refractivity contribution in [3.63, 3.8) is 0 Å². The number of pyridine rings is 1. The molecule has 0 radical (unpaired) electrons. The van der Waals surface area contributed by atoms with Gasteiger partial charge in [0.25, 0.3) is 11.9 Å². The van der Waals surface area contributed by atoms with Gasteiger partial charge in [0.2, 0.25) is 0 Å². The van der Waals surface area contributed by atoms with E-state index in [-0.39, 0.29) is 23.7 Å². The minimum absolute atomic E-state index is 0.0645. The first-order chi connectivity index (χ1) is 12.1. The van der Waals surface area contributed by atoms with Crippen LogP contribution in [0.3, 0.4) is 0 Å². The first-order valence-electron chi connectivity index (χ1n) is 8.16. The molecule has 5 heteroatoms. The number of carbonyl (C=O) groups excluding carboxylic acids is 1. The number of para-hydroxylation sites is 1. The Bertz CT molecular complexity index is 843. The number of ether oxygens (including phenoxy) is 1. The molecule has 0 fully saturated rings. The van der Waals surface area contributed by atoms with Crippen molar-refractivity contribution in [1.29, 1.82) is 0 Å². The highest BCUT2D eigenvalue weighted by molar-refractivity contribution is 5.91. The van der Waals surface area contributed by atoms with Gasteiger partial charge in [0, 0.05) is 29.9 Å². The Kier molecular flexibility index (Phi) is 5.14. The standard InChI is InChI=1S/C20H20N2O3/c1-14-7-6-8-16(21-14)13-15(2)22-20(23)18-11-12-19(25-18)24-17-9-4-3-5-10-17/h3-12,15H,13H2,1-2H3,(H,22,23)/t15-/m0/s1. The zero-order chi connectivity index (χ0) is 17.6. The molecule has 0 aliphatic carbocycles. The van der Waals surface area contributed by atoms with Crippen molar-refractivity contribution in [2.75, 3.05) is 0 Å². The smallest absolute Gasteiger partial charge is 0.290 e. The Balaban J connectivity index is 1.58. The third-order valence-corrected chi connectivity index (χ3v) is 3.61. The van der Waals surface area contributed by atoms with Gasteiger partial charge in [0.1, 0.15) is 5.75 Å². The second-order valence-electron chi connectivity index (χ2n) is 5.88. The topological polar surface area (TPSA) is 64.4 Å². The Hall–Kier alpha value is -3.08. The second-order valence-corrected chi connectivity index (χ2v) is 5.88. The van der Waals surface area contributed by atoms with Gasteiger partial charge in [-0.15, -0.1) is 0 Å². The third-order valence-electron chi connectivity index (χ3n) is 3.61. The van der Waals surface area contributed by atoms with E-state index in [4.69, 9.17) is 9.15 Å². The molecule has 0 bridgehead atoms. The van der Waals surface area contributed by atoms with Gasteiger partial charge < -0.3 is 14.5 Å². The van der Waals surface area contributed by atoms with Crippen LogP contribution in [-0.4, -0.2) is 16.9 Å². The highest BCUT2D eigenvalue weighted by Crippen LogP contribution is 2.23. The second kappa shape index (κ2) is 7.66. The summed E-state index contributed by atoms with van der Waals surface area (Å²) in [4.78, 5) is 16.7. The molecule has 0 spiro atoms. The van der Waals surface area contributed by atoms with Crippen LogP contribution in [0.2, 0.25) is 0 Å². The number of hydrogen-bond acceptors (Lipinski definition) is 4. The summed E-state index contributed by atoms with van der Waals surface area (Å²) in [6.07, 6.45) is 0.654. The molecular weight excluding hydrogens is 316 g/mol. The van der Waals surface area contributed by atoms with E-state index < -0.39 is 0 Å². The van der Waals surface area contributed by atoms with E-state index in [0.29, 0.717) is 12.2 Å². The predicted molar refractivity (Wildman–Crippen MR) is 94.8 cm³/mol. The van der Waals surface area contributed by atoms with E-state index in [0.717, 1.165) is 11.4 Å². The predicted octanol–water partition coefficient (Wildman–Crippen LogP) is 4.14. The van der Waals surface area contributed by atoms with Crippen molar-refractivity contribution in [2.45, 2.75) is 26.3 Å². The summed E-state index contributed by atoms with van der Waals surface area (Å²) in [6.45, 7) is 3.89. The van der Waals surface area contributed by atoms with Crippen LogP contribution in [-0.2, 0) is 6.42 Å².